The van der Waals surface area contributed by atoms with Crippen LogP contribution in [0.2, 0.25) is 0 Å². The second-order valence-corrected chi connectivity index (χ2v) is 7.52. The summed E-state index contributed by atoms with van der Waals surface area (Å²) >= 11 is 0. The molecule has 31 heavy (non-hydrogen) atoms. The van der Waals surface area contributed by atoms with Gasteiger partial charge in [0.25, 0.3) is 0 Å². The van der Waals surface area contributed by atoms with Crippen LogP contribution < -0.4 is 10.4 Å². The number of pyridine rings is 1. The third-order valence-corrected chi connectivity index (χ3v) is 5.37. The average Bonchev–Trinajstić information content (AvgIpc) is 3.11. The summed E-state index contributed by atoms with van der Waals surface area (Å²) in [5, 5.41) is 7.84. The Labute approximate surface area is 180 Å². The van der Waals surface area contributed by atoms with Crippen molar-refractivity contribution in [3.63, 3.8) is 0 Å². The second kappa shape index (κ2) is 8.55. The van der Waals surface area contributed by atoms with Crippen molar-refractivity contribution >= 4 is 0 Å². The topological polar surface area (TPSA) is 74.8 Å². The molecule has 2 heterocycles. The van der Waals surface area contributed by atoms with Gasteiger partial charge in [0.15, 0.2) is 0 Å². The largest absolute Gasteiger partial charge is 0.489 e. The third-order valence-electron chi connectivity index (χ3n) is 5.37. The Morgan fingerprint density at radius 1 is 1.00 bits per heavy atom. The number of nitrogens with zero attached hydrogens (tertiary/aromatic N) is 5. The molecule has 0 radical (unpaired) electrons. The van der Waals surface area contributed by atoms with Crippen LogP contribution in [-0.4, -0.2) is 24.8 Å². The molecule has 0 spiro atoms. The van der Waals surface area contributed by atoms with E-state index >= 15 is 0 Å². The average molecular weight is 415 g/mol. The van der Waals surface area contributed by atoms with Gasteiger partial charge >= 0.3 is 5.69 Å². The smallest absolute Gasteiger partial charge is 0.368 e. The van der Waals surface area contributed by atoms with Crippen molar-refractivity contribution in [2.75, 3.05) is 0 Å². The van der Waals surface area contributed by atoms with Gasteiger partial charge in [-0.25, -0.2) is 4.79 Å². The van der Waals surface area contributed by atoms with Crippen LogP contribution in [0.15, 0.2) is 59.5 Å². The number of tetrazole rings is 1. The maximum atomic E-state index is 12.4. The van der Waals surface area contributed by atoms with Crippen molar-refractivity contribution in [2.24, 2.45) is 7.05 Å². The fraction of sp³-hybridized carbons (Fsp3) is 0.250. The van der Waals surface area contributed by atoms with E-state index in [1.807, 2.05) is 56.4 Å². The number of aryl methyl sites for hydroxylation is 4. The van der Waals surface area contributed by atoms with E-state index in [1.54, 1.807) is 7.05 Å². The molecule has 0 amide bonds. The van der Waals surface area contributed by atoms with Crippen LogP contribution in [0, 0.1) is 13.8 Å². The third kappa shape index (κ3) is 4.12. The maximum absolute atomic E-state index is 12.4. The summed E-state index contributed by atoms with van der Waals surface area (Å²) < 4.78 is 8.73. The van der Waals surface area contributed by atoms with E-state index in [1.165, 1.54) is 9.36 Å². The highest BCUT2D eigenvalue weighted by molar-refractivity contribution is 5.64. The van der Waals surface area contributed by atoms with E-state index in [-0.39, 0.29) is 5.69 Å². The highest BCUT2D eigenvalue weighted by Gasteiger charge is 2.15. The molecule has 2 aromatic heterocycles. The Morgan fingerprint density at radius 2 is 1.81 bits per heavy atom. The van der Waals surface area contributed by atoms with Gasteiger partial charge in [0.2, 0.25) is 0 Å². The zero-order chi connectivity index (χ0) is 22.0. The number of hydrogen-bond donors (Lipinski definition) is 0. The lowest BCUT2D eigenvalue weighted by Crippen LogP contribution is -2.23. The van der Waals surface area contributed by atoms with Crippen LogP contribution in [0.4, 0.5) is 0 Å². The summed E-state index contributed by atoms with van der Waals surface area (Å²) in [6.07, 6.45) is 2.70. The van der Waals surface area contributed by atoms with Gasteiger partial charge in [-0.15, -0.1) is 0 Å². The molecular formula is C24H25N5O2. The van der Waals surface area contributed by atoms with Gasteiger partial charge in [-0.05, 0) is 71.7 Å². The molecule has 0 atom stereocenters. The number of rotatable bonds is 6. The van der Waals surface area contributed by atoms with Crippen LogP contribution >= 0.6 is 0 Å². The lowest BCUT2D eigenvalue weighted by molar-refractivity contribution is 0.302. The fourth-order valence-corrected chi connectivity index (χ4v) is 3.56. The molecule has 4 rings (SSSR count). The first-order valence-corrected chi connectivity index (χ1v) is 10.2. The summed E-state index contributed by atoms with van der Waals surface area (Å²) in [6.45, 7) is 6.41. The van der Waals surface area contributed by atoms with E-state index < -0.39 is 0 Å². The Kier molecular flexibility index (Phi) is 5.66. The lowest BCUT2D eigenvalue weighted by atomic mass is 10.0. The molecule has 158 valence electrons. The van der Waals surface area contributed by atoms with Crippen LogP contribution in [-0.2, 0) is 20.1 Å². The first kappa shape index (κ1) is 20.5. The van der Waals surface area contributed by atoms with Crippen molar-refractivity contribution in [3.8, 4) is 22.6 Å². The van der Waals surface area contributed by atoms with E-state index in [4.69, 9.17) is 4.74 Å². The minimum Gasteiger partial charge on any atom is -0.489 e. The van der Waals surface area contributed by atoms with Gasteiger partial charge in [-0.2, -0.15) is 9.36 Å². The van der Waals surface area contributed by atoms with Crippen molar-refractivity contribution in [3.05, 3.63) is 87.6 Å². The predicted octanol–water partition coefficient (Wildman–Crippen LogP) is 3.79. The molecule has 2 aromatic carbocycles. The number of aromatic nitrogens is 5. The molecule has 0 aliphatic carbocycles. The van der Waals surface area contributed by atoms with Gasteiger partial charge in [-0.1, -0.05) is 31.2 Å². The van der Waals surface area contributed by atoms with Gasteiger partial charge in [-0.3, -0.25) is 4.98 Å². The number of benzene rings is 2. The molecular weight excluding hydrogens is 390 g/mol. The molecule has 0 N–H and O–H groups in total. The van der Waals surface area contributed by atoms with Gasteiger partial charge in [0, 0.05) is 30.1 Å². The normalized spacial score (nSPS) is 11.0. The fourth-order valence-electron chi connectivity index (χ4n) is 3.56. The first-order chi connectivity index (χ1) is 15.0. The van der Waals surface area contributed by atoms with Crippen LogP contribution in [0.5, 0.6) is 5.75 Å². The monoisotopic (exact) mass is 415 g/mol. The van der Waals surface area contributed by atoms with E-state index in [2.05, 4.69) is 34.5 Å². The SMILES string of the molecule is CCc1cccc(-n2nnn(C)c2=O)c1COc1ccc(-c2ccc(C)nc2)cc1C. The highest BCUT2D eigenvalue weighted by Crippen LogP contribution is 2.28. The molecule has 0 saturated heterocycles. The second-order valence-electron chi connectivity index (χ2n) is 7.52. The molecule has 7 heteroatoms. The zero-order valence-corrected chi connectivity index (χ0v) is 18.2. The molecule has 0 aliphatic rings. The summed E-state index contributed by atoms with van der Waals surface area (Å²) in [5.41, 5.74) is 6.63. The Balaban J connectivity index is 1.63. The first-order valence-electron chi connectivity index (χ1n) is 10.2. The zero-order valence-electron chi connectivity index (χ0n) is 18.2. The van der Waals surface area contributed by atoms with Gasteiger partial charge in [0.05, 0.1) is 5.69 Å². The summed E-state index contributed by atoms with van der Waals surface area (Å²) in [5.74, 6) is 0.798. The maximum Gasteiger partial charge on any atom is 0.368 e. The van der Waals surface area contributed by atoms with Crippen LogP contribution in [0.1, 0.15) is 29.3 Å². The number of ether oxygens (including phenoxy) is 1. The predicted molar refractivity (Wildman–Crippen MR) is 119 cm³/mol. The van der Waals surface area contributed by atoms with E-state index in [9.17, 15) is 4.79 Å². The molecule has 0 bridgehead atoms. The standard InChI is InChI=1S/C24H25N5O2/c1-5-18-7-6-8-22(29-24(30)28(4)26-27-29)21(18)15-31-23-12-11-19(13-16(23)2)20-10-9-17(3)25-14-20/h6-14H,5,15H2,1-4H3. The van der Waals surface area contributed by atoms with Crippen molar-refractivity contribution in [1.29, 1.82) is 0 Å². The van der Waals surface area contributed by atoms with Crippen LogP contribution in [0.25, 0.3) is 16.8 Å². The summed E-state index contributed by atoms with van der Waals surface area (Å²) in [7, 11) is 1.58. The quantitative estimate of drug-likeness (QED) is 0.479. The molecule has 0 saturated carbocycles. The van der Waals surface area contributed by atoms with Crippen molar-refractivity contribution < 1.29 is 4.74 Å². The highest BCUT2D eigenvalue weighted by atomic mass is 16.5. The summed E-state index contributed by atoms with van der Waals surface area (Å²) in [6, 6.07) is 16.0. The number of hydrogen-bond acceptors (Lipinski definition) is 5. The van der Waals surface area contributed by atoms with Crippen molar-refractivity contribution in [1.82, 2.24) is 24.8 Å². The molecule has 7 nitrogen and oxygen atoms in total. The lowest BCUT2D eigenvalue weighted by Gasteiger charge is -2.16. The molecule has 0 fully saturated rings. The van der Waals surface area contributed by atoms with E-state index in [0.29, 0.717) is 12.3 Å². The summed E-state index contributed by atoms with van der Waals surface area (Å²) in [4.78, 5) is 16.8. The Bertz CT molecular complexity index is 1270. The van der Waals surface area contributed by atoms with Gasteiger partial charge < -0.3 is 4.74 Å². The molecule has 0 unspecified atom stereocenters. The minimum absolute atomic E-state index is 0.290. The van der Waals surface area contributed by atoms with Crippen LogP contribution in [0.3, 0.4) is 0 Å². The Morgan fingerprint density at radius 3 is 2.45 bits per heavy atom. The minimum atomic E-state index is -0.290. The molecule has 0 aliphatic heterocycles. The van der Waals surface area contributed by atoms with Gasteiger partial charge in [0.1, 0.15) is 12.4 Å². The Hall–Kier alpha value is -3.74. The van der Waals surface area contributed by atoms with Crippen molar-refractivity contribution in [2.45, 2.75) is 33.8 Å². The molecule has 4 aromatic rings. The van der Waals surface area contributed by atoms with E-state index in [0.717, 1.165) is 45.7 Å².